The van der Waals surface area contributed by atoms with Crippen LogP contribution in [0.1, 0.15) is 106 Å². The van der Waals surface area contributed by atoms with Crippen molar-refractivity contribution in [3.63, 3.8) is 0 Å². The van der Waals surface area contributed by atoms with Crippen molar-refractivity contribution in [3.05, 3.63) is 0 Å². The summed E-state index contributed by atoms with van der Waals surface area (Å²) in [6.07, 6.45) is 7.31. The maximum absolute atomic E-state index is 11.5. The van der Waals surface area contributed by atoms with E-state index in [-0.39, 0.29) is 23.6 Å². The normalized spacial score (nSPS) is 23.2. The van der Waals surface area contributed by atoms with E-state index in [2.05, 4.69) is 0 Å². The molecule has 30 heavy (non-hydrogen) atoms. The quantitative estimate of drug-likeness (QED) is 0.653. The van der Waals surface area contributed by atoms with Gasteiger partial charge in [0.1, 0.15) is 17.0 Å². The minimum absolute atomic E-state index is 0.108. The summed E-state index contributed by atoms with van der Waals surface area (Å²) < 4.78 is 10.5. The number of carbonyl (C=O) groups is 3. The zero-order valence-corrected chi connectivity index (χ0v) is 19.8. The highest BCUT2D eigenvalue weighted by molar-refractivity contribution is 5.79. The van der Waals surface area contributed by atoms with Gasteiger partial charge in [0, 0.05) is 25.7 Å². The van der Waals surface area contributed by atoms with Crippen molar-refractivity contribution < 1.29 is 29.0 Å². The molecule has 0 saturated heterocycles. The van der Waals surface area contributed by atoms with Gasteiger partial charge in [-0.05, 0) is 91.9 Å². The standard InChI is InChI=1S/C12H22O3.C12H20O3/c2*1-12(2,3)15-11(14)8-9-4-6-10(13)7-5-9/h9-10,13H,4-8H2,1-3H3;9H,4-8H2,1-3H3. The van der Waals surface area contributed by atoms with Crippen LogP contribution in [0.2, 0.25) is 0 Å². The van der Waals surface area contributed by atoms with Crippen molar-refractivity contribution in [1.29, 1.82) is 0 Å². The van der Waals surface area contributed by atoms with Crippen LogP contribution in [-0.2, 0) is 23.9 Å². The van der Waals surface area contributed by atoms with Gasteiger partial charge in [-0.15, -0.1) is 0 Å². The monoisotopic (exact) mass is 426 g/mol. The summed E-state index contributed by atoms with van der Waals surface area (Å²) in [5, 5.41) is 9.33. The van der Waals surface area contributed by atoms with Crippen LogP contribution in [0.25, 0.3) is 0 Å². The Morgan fingerprint density at radius 1 is 0.767 bits per heavy atom. The highest BCUT2D eigenvalue weighted by atomic mass is 16.6. The van der Waals surface area contributed by atoms with Crippen LogP contribution in [0.5, 0.6) is 0 Å². The lowest BCUT2D eigenvalue weighted by Gasteiger charge is -2.26. The van der Waals surface area contributed by atoms with Gasteiger partial charge in [-0.3, -0.25) is 14.4 Å². The van der Waals surface area contributed by atoms with Gasteiger partial charge in [0.2, 0.25) is 0 Å². The molecule has 0 unspecified atom stereocenters. The van der Waals surface area contributed by atoms with E-state index in [0.717, 1.165) is 38.5 Å². The van der Waals surface area contributed by atoms with Crippen molar-refractivity contribution in [2.45, 2.75) is 123 Å². The molecule has 0 aromatic rings. The fraction of sp³-hybridized carbons (Fsp3) is 0.875. The van der Waals surface area contributed by atoms with Gasteiger partial charge in [0.25, 0.3) is 0 Å². The summed E-state index contributed by atoms with van der Waals surface area (Å²) in [5.74, 6) is 0.835. The number of esters is 2. The topological polar surface area (TPSA) is 89.9 Å². The second-order valence-electron chi connectivity index (χ2n) is 10.7. The van der Waals surface area contributed by atoms with Crippen molar-refractivity contribution >= 4 is 17.7 Å². The number of hydrogen-bond acceptors (Lipinski definition) is 6. The molecule has 2 rings (SSSR count). The highest BCUT2D eigenvalue weighted by Crippen LogP contribution is 2.28. The van der Waals surface area contributed by atoms with Crippen LogP contribution in [-0.4, -0.2) is 40.1 Å². The molecule has 2 fully saturated rings. The molecule has 0 amide bonds. The molecule has 0 atom stereocenters. The fourth-order valence-corrected chi connectivity index (χ4v) is 3.79. The summed E-state index contributed by atoms with van der Waals surface area (Å²) in [5.41, 5.74) is -0.785. The summed E-state index contributed by atoms with van der Waals surface area (Å²) in [6.45, 7) is 11.3. The average Bonchev–Trinajstić information content (AvgIpc) is 2.56. The van der Waals surface area contributed by atoms with Gasteiger partial charge in [-0.2, -0.15) is 0 Å². The maximum Gasteiger partial charge on any atom is 0.306 e. The number of ether oxygens (including phenoxy) is 2. The molecule has 2 aliphatic rings. The molecule has 0 aromatic carbocycles. The largest absolute Gasteiger partial charge is 0.460 e. The number of aliphatic hydroxyl groups is 1. The minimum atomic E-state index is -0.401. The lowest BCUT2D eigenvalue weighted by Crippen LogP contribution is -2.27. The van der Waals surface area contributed by atoms with E-state index in [0.29, 0.717) is 43.3 Å². The number of ketones is 1. The van der Waals surface area contributed by atoms with Gasteiger partial charge >= 0.3 is 11.9 Å². The molecular formula is C24H42O6. The average molecular weight is 427 g/mol. The molecule has 0 aliphatic heterocycles. The lowest BCUT2D eigenvalue weighted by atomic mass is 9.85. The molecule has 1 N–H and O–H groups in total. The number of rotatable bonds is 4. The molecule has 174 valence electrons. The molecular weight excluding hydrogens is 384 g/mol. The van der Waals surface area contributed by atoms with Crippen molar-refractivity contribution in [3.8, 4) is 0 Å². The number of carbonyl (C=O) groups excluding carboxylic acids is 3. The van der Waals surface area contributed by atoms with Gasteiger partial charge in [-0.1, -0.05) is 0 Å². The first-order valence-electron chi connectivity index (χ1n) is 11.4. The van der Waals surface area contributed by atoms with Crippen molar-refractivity contribution in [2.24, 2.45) is 11.8 Å². The van der Waals surface area contributed by atoms with E-state index < -0.39 is 5.60 Å². The first kappa shape index (κ1) is 26.6. The number of Topliss-reactive ketones (excluding diaryl/α,β-unsaturated/α-hetero) is 1. The molecule has 2 saturated carbocycles. The second kappa shape index (κ2) is 11.8. The zero-order chi connectivity index (χ0) is 22.9. The summed E-state index contributed by atoms with van der Waals surface area (Å²) in [7, 11) is 0. The van der Waals surface area contributed by atoms with Crippen LogP contribution < -0.4 is 0 Å². The van der Waals surface area contributed by atoms with E-state index in [9.17, 15) is 19.5 Å². The van der Waals surface area contributed by atoms with Crippen LogP contribution in [0.3, 0.4) is 0 Å². The smallest absolute Gasteiger partial charge is 0.306 e. The van der Waals surface area contributed by atoms with Gasteiger partial charge in [-0.25, -0.2) is 0 Å². The molecule has 0 spiro atoms. The Morgan fingerprint density at radius 2 is 1.13 bits per heavy atom. The van der Waals surface area contributed by atoms with Gasteiger partial charge in [0.15, 0.2) is 0 Å². The second-order valence-corrected chi connectivity index (χ2v) is 10.7. The number of aliphatic hydroxyl groups excluding tert-OH is 1. The van der Waals surface area contributed by atoms with Crippen LogP contribution in [0.4, 0.5) is 0 Å². The van der Waals surface area contributed by atoms with E-state index in [4.69, 9.17) is 9.47 Å². The number of hydrogen-bond donors (Lipinski definition) is 1. The summed E-state index contributed by atoms with van der Waals surface area (Å²) in [6, 6.07) is 0. The minimum Gasteiger partial charge on any atom is -0.460 e. The third-order valence-electron chi connectivity index (χ3n) is 5.23. The Hall–Kier alpha value is -1.43. The Labute approximate surface area is 182 Å². The van der Waals surface area contributed by atoms with Crippen molar-refractivity contribution in [2.75, 3.05) is 0 Å². The first-order chi connectivity index (χ1) is 13.7. The Balaban J connectivity index is 0.000000300. The molecule has 2 aliphatic carbocycles. The third kappa shape index (κ3) is 13.0. The molecule has 0 bridgehead atoms. The van der Waals surface area contributed by atoms with Crippen LogP contribution >= 0.6 is 0 Å². The van der Waals surface area contributed by atoms with Crippen molar-refractivity contribution in [1.82, 2.24) is 0 Å². The molecule has 6 heteroatoms. The van der Waals surface area contributed by atoms with Gasteiger partial charge in [0.05, 0.1) is 6.10 Å². The Bertz CT molecular complexity index is 551. The predicted molar refractivity (Wildman–Crippen MR) is 116 cm³/mol. The fourth-order valence-electron chi connectivity index (χ4n) is 3.79. The molecule has 6 nitrogen and oxygen atoms in total. The SMILES string of the molecule is CC(C)(C)OC(=O)CC1CCC(=O)CC1.CC(C)(C)OC(=O)CC1CCC(O)CC1. The van der Waals surface area contributed by atoms with E-state index >= 15 is 0 Å². The lowest BCUT2D eigenvalue weighted by molar-refractivity contribution is -0.157. The summed E-state index contributed by atoms with van der Waals surface area (Å²) >= 11 is 0. The molecule has 0 heterocycles. The molecule has 0 radical (unpaired) electrons. The Morgan fingerprint density at radius 3 is 1.50 bits per heavy atom. The zero-order valence-electron chi connectivity index (χ0n) is 19.8. The molecule has 0 aromatic heterocycles. The predicted octanol–water partition coefficient (Wildman–Crippen LogP) is 4.75. The van der Waals surface area contributed by atoms with E-state index in [1.807, 2.05) is 41.5 Å². The van der Waals surface area contributed by atoms with Crippen LogP contribution in [0.15, 0.2) is 0 Å². The van der Waals surface area contributed by atoms with Crippen LogP contribution in [0, 0.1) is 11.8 Å². The third-order valence-corrected chi connectivity index (χ3v) is 5.23. The van der Waals surface area contributed by atoms with E-state index in [1.54, 1.807) is 0 Å². The Kier molecular flexibility index (Phi) is 10.5. The highest BCUT2D eigenvalue weighted by Gasteiger charge is 2.25. The maximum atomic E-state index is 11.5. The first-order valence-corrected chi connectivity index (χ1v) is 11.4. The summed E-state index contributed by atoms with van der Waals surface area (Å²) in [4.78, 5) is 34.0. The van der Waals surface area contributed by atoms with Gasteiger partial charge < -0.3 is 14.6 Å². The van der Waals surface area contributed by atoms with E-state index in [1.165, 1.54) is 0 Å².